The molecule has 0 spiro atoms. The molecule has 0 aromatic carbocycles. The quantitative estimate of drug-likeness (QED) is 0.367. The lowest BCUT2D eigenvalue weighted by Gasteiger charge is -1.58. The Morgan fingerprint density at radius 3 is 0.857 bits per heavy atom. The minimum absolute atomic E-state index is 0. The second kappa shape index (κ2) is 31.3. The van der Waals surface area contributed by atoms with Gasteiger partial charge in [-0.1, -0.05) is 33.1 Å². The summed E-state index contributed by atoms with van der Waals surface area (Å²) in [4.78, 5) is 23.1. The first-order valence-electron chi connectivity index (χ1n) is 4.17. The fourth-order valence-electron chi connectivity index (χ4n) is 0.135. The summed E-state index contributed by atoms with van der Waals surface area (Å²) in [6, 6.07) is 0. The van der Waals surface area contributed by atoms with E-state index in [2.05, 4.69) is 32.8 Å². The number of terminal acetylenes is 3. The maximum Gasteiger partial charge on any atom is 0.756 e. The van der Waals surface area contributed by atoms with Crippen molar-refractivity contribution in [1.82, 2.24) is 0 Å². The molecule has 0 heterocycles. The standard InChI is InChI=1S/3C2HO3P.C2H6.Al.3H/c3*1-2-5-6(3)4;1-2;;;;/h3*1H;1-2H3;;;;/p+3. The Hall–Kier alpha value is -1.21. The zero-order chi connectivity index (χ0) is 17.0. The van der Waals surface area contributed by atoms with Crippen LogP contribution in [0.4, 0.5) is 0 Å². The molecule has 0 aliphatic heterocycles. The van der Waals surface area contributed by atoms with Crippen LogP contribution in [0.1, 0.15) is 13.8 Å². The van der Waals surface area contributed by atoms with Crippen molar-refractivity contribution < 1.29 is 41.9 Å². The summed E-state index contributed by atoms with van der Waals surface area (Å²) in [5.41, 5.74) is 0. The molecule has 3 N–H and O–H groups in total. The van der Waals surface area contributed by atoms with E-state index in [1.54, 1.807) is 0 Å². The van der Waals surface area contributed by atoms with Crippen molar-refractivity contribution in [2.24, 2.45) is 0 Å². The molecule has 0 saturated carbocycles. The van der Waals surface area contributed by atoms with Gasteiger partial charge in [-0.3, -0.25) is 0 Å². The summed E-state index contributed by atoms with van der Waals surface area (Å²) in [5, 5.41) is 0. The van der Waals surface area contributed by atoms with Gasteiger partial charge in [0.15, 0.2) is 35.7 Å². The lowest BCUT2D eigenvalue weighted by atomic mass is 11.0. The van der Waals surface area contributed by atoms with Gasteiger partial charge in [-0.2, -0.15) is 13.6 Å². The van der Waals surface area contributed by atoms with E-state index < -0.39 is 24.8 Å². The molecule has 0 rings (SSSR count). The smallest absolute Gasteiger partial charge is 0.173 e. The molecule has 3 atom stereocenters. The third-order valence-corrected chi connectivity index (χ3v) is 1.18. The average molecular weight is 375 g/mol. The molecular weight excluding hydrogens is 360 g/mol. The molecular formula is C8H15AlO9P3+3. The van der Waals surface area contributed by atoms with Crippen LogP contribution in [0.25, 0.3) is 0 Å². The van der Waals surface area contributed by atoms with Crippen molar-refractivity contribution in [3.05, 3.63) is 0 Å². The summed E-state index contributed by atoms with van der Waals surface area (Å²) in [5.74, 6) is 0. The highest BCUT2D eigenvalue weighted by atomic mass is 31.1. The number of hydrogen-bond acceptors (Lipinski definition) is 6. The predicted molar refractivity (Wildman–Crippen MR) is 80.5 cm³/mol. The van der Waals surface area contributed by atoms with Gasteiger partial charge >= 0.3 is 24.8 Å². The highest BCUT2D eigenvalue weighted by molar-refractivity contribution is 7.32. The zero-order valence-corrected chi connectivity index (χ0v) is 13.0. The molecule has 0 saturated heterocycles. The van der Waals surface area contributed by atoms with Gasteiger partial charge in [0.1, 0.15) is 0 Å². The van der Waals surface area contributed by atoms with Crippen LogP contribution in [0.15, 0.2) is 0 Å². The van der Waals surface area contributed by atoms with Gasteiger partial charge in [-0.25, -0.2) is 0 Å². The topological polar surface area (TPSA) is 140 Å². The van der Waals surface area contributed by atoms with Gasteiger partial charge in [-0.05, 0) is 0 Å². The maximum atomic E-state index is 9.38. The third-order valence-electron chi connectivity index (χ3n) is 0.392. The fraction of sp³-hybridized carbons (Fsp3) is 0.250. The Morgan fingerprint density at radius 2 is 0.857 bits per heavy atom. The summed E-state index contributed by atoms with van der Waals surface area (Å²) < 4.78 is 39.1. The molecule has 21 heavy (non-hydrogen) atoms. The Balaban J connectivity index is -0.0000000561. The Morgan fingerprint density at radius 1 is 0.714 bits per heavy atom. The monoisotopic (exact) mass is 375 g/mol. The molecule has 3 unspecified atom stereocenters. The second-order valence-corrected chi connectivity index (χ2v) is 3.32. The van der Waals surface area contributed by atoms with Crippen molar-refractivity contribution >= 4 is 42.1 Å². The van der Waals surface area contributed by atoms with E-state index in [0.717, 1.165) is 0 Å². The Bertz CT molecular complexity index is 345. The highest BCUT2D eigenvalue weighted by Gasteiger charge is 2.07. The van der Waals surface area contributed by atoms with E-state index in [-0.39, 0.29) is 17.4 Å². The number of hydrogen-bond donors (Lipinski definition) is 3. The van der Waals surface area contributed by atoms with Gasteiger partial charge in [0, 0.05) is 13.7 Å². The number of rotatable bonds is 3. The molecule has 0 amide bonds. The van der Waals surface area contributed by atoms with Crippen LogP contribution in [0.5, 0.6) is 0 Å². The van der Waals surface area contributed by atoms with Crippen molar-refractivity contribution in [2.75, 3.05) is 0 Å². The molecule has 0 aliphatic rings. The molecule has 116 valence electrons. The Kier molecular flexibility index (Phi) is 47.6. The minimum atomic E-state index is -2.59. The first-order valence-corrected chi connectivity index (χ1v) is 7.56. The molecule has 0 aromatic heterocycles. The lowest BCUT2D eigenvalue weighted by molar-refractivity contribution is 0.392. The van der Waals surface area contributed by atoms with Gasteiger partial charge in [0.2, 0.25) is 0 Å². The normalized spacial score (nSPS) is 8.00. The summed E-state index contributed by atoms with van der Waals surface area (Å²) in [7, 11) is -7.76. The van der Waals surface area contributed by atoms with Crippen LogP contribution in [-0.4, -0.2) is 32.0 Å². The fourth-order valence-corrected chi connectivity index (χ4v) is 0.406. The van der Waals surface area contributed by atoms with E-state index in [4.69, 9.17) is 14.7 Å². The molecule has 0 fully saturated rings. The van der Waals surface area contributed by atoms with E-state index in [1.807, 2.05) is 13.8 Å². The Labute approximate surface area is 136 Å². The highest BCUT2D eigenvalue weighted by Crippen LogP contribution is 2.12. The van der Waals surface area contributed by atoms with E-state index >= 15 is 0 Å². The summed E-state index contributed by atoms with van der Waals surface area (Å²) in [6.45, 7) is 4.00. The van der Waals surface area contributed by atoms with Gasteiger partial charge < -0.3 is 0 Å². The average Bonchev–Trinajstić information content (AvgIpc) is 2.32. The lowest BCUT2D eigenvalue weighted by Crippen LogP contribution is -1.57. The van der Waals surface area contributed by atoms with Crippen molar-refractivity contribution in [3.63, 3.8) is 0 Å². The van der Waals surface area contributed by atoms with Crippen LogP contribution in [-0.2, 0) is 27.3 Å². The zero-order valence-electron chi connectivity index (χ0n) is 10.4. The van der Waals surface area contributed by atoms with Gasteiger partial charge in [0.25, 0.3) is 0 Å². The van der Waals surface area contributed by atoms with Gasteiger partial charge in [-0.15, -0.1) is 14.7 Å². The molecule has 0 bridgehead atoms. The maximum absolute atomic E-state index is 9.38. The van der Waals surface area contributed by atoms with Crippen LogP contribution in [0, 0.1) is 37.6 Å². The van der Waals surface area contributed by atoms with Crippen LogP contribution >= 0.6 is 24.8 Å². The van der Waals surface area contributed by atoms with Crippen LogP contribution < -0.4 is 0 Å². The van der Waals surface area contributed by atoms with Gasteiger partial charge in [0.05, 0.1) is 0 Å². The van der Waals surface area contributed by atoms with Crippen LogP contribution in [0.3, 0.4) is 0 Å². The molecule has 13 heteroatoms. The second-order valence-electron chi connectivity index (χ2n) is 1.34. The first-order chi connectivity index (χ1) is 9.31. The van der Waals surface area contributed by atoms with Crippen LogP contribution in [0.2, 0.25) is 0 Å². The van der Waals surface area contributed by atoms with Crippen molar-refractivity contribution in [2.45, 2.75) is 13.8 Å². The molecule has 0 aliphatic carbocycles. The van der Waals surface area contributed by atoms with Crippen molar-refractivity contribution in [3.8, 4) is 37.6 Å². The summed E-state index contributed by atoms with van der Waals surface area (Å²) in [6.07, 6.45) is 17.8. The van der Waals surface area contributed by atoms with E-state index in [1.165, 1.54) is 18.3 Å². The predicted octanol–water partition coefficient (Wildman–Crippen LogP) is 0.572. The molecule has 0 radical (unpaired) electrons. The molecule has 9 nitrogen and oxygen atoms in total. The summed E-state index contributed by atoms with van der Waals surface area (Å²) >= 11 is 0. The minimum Gasteiger partial charge on any atom is -0.173 e. The SMILES string of the molecule is C#CO[P+](=O)O.C#CO[P+](=O)O.C#CO[P+](=O)O.CC.[AlH3]. The first kappa shape index (κ1) is 31.9. The third kappa shape index (κ3) is 87.3. The largest absolute Gasteiger partial charge is 0.756 e. The molecule has 0 aromatic rings. The van der Waals surface area contributed by atoms with E-state index in [0.29, 0.717) is 0 Å². The van der Waals surface area contributed by atoms with E-state index in [9.17, 15) is 13.7 Å². The van der Waals surface area contributed by atoms with Crippen molar-refractivity contribution in [1.29, 1.82) is 0 Å².